The minimum atomic E-state index is -2.20. The molecule has 0 aromatic carbocycles. The molecule has 2 nitrogen and oxygen atoms in total. The van der Waals surface area contributed by atoms with Crippen molar-refractivity contribution in [2.24, 2.45) is 0 Å². The average molecular weight is 188 g/mol. The molecule has 0 bridgehead atoms. The summed E-state index contributed by atoms with van der Waals surface area (Å²) >= 11 is 0. The smallest absolute Gasteiger partial charge is 0.193 e. The van der Waals surface area contributed by atoms with Crippen LogP contribution in [-0.4, -0.2) is 18.6 Å². The number of ketones is 1. The average Bonchev–Trinajstić information content (AvgIpc) is 2.04. The maximum Gasteiger partial charge on any atom is 0.193 e. The highest BCUT2D eigenvalue weighted by molar-refractivity contribution is 5.87. The topological polar surface area (TPSA) is 26.3 Å². The van der Waals surface area contributed by atoms with E-state index < -0.39 is 17.3 Å². The Hall–Kier alpha value is -1.19. The second kappa shape index (κ2) is 3.28. The van der Waals surface area contributed by atoms with Crippen molar-refractivity contribution in [2.45, 2.75) is 19.0 Å². The lowest BCUT2D eigenvalue weighted by Crippen LogP contribution is -2.31. The number of rotatable bonds is 2. The summed E-state index contributed by atoms with van der Waals surface area (Å²) in [6.45, 7) is 1.09. The summed E-state index contributed by atoms with van der Waals surface area (Å²) in [5.74, 6) is -1.55. The molecule has 0 spiro atoms. The molecule has 0 radical (unpaired) electrons. The van der Waals surface area contributed by atoms with Crippen molar-refractivity contribution in [3.05, 3.63) is 23.7 Å². The second-order valence-electron chi connectivity index (χ2n) is 2.89. The molecule has 1 aliphatic carbocycles. The normalized spacial score (nSPS) is 27.7. The van der Waals surface area contributed by atoms with E-state index in [1.807, 2.05) is 0 Å². The first-order chi connectivity index (χ1) is 5.99. The Bertz CT molecular complexity index is 294. The summed E-state index contributed by atoms with van der Waals surface area (Å²) < 4.78 is 31.1. The fraction of sp³-hybridized carbons (Fsp3) is 0.444. The molecule has 0 aliphatic heterocycles. The highest BCUT2D eigenvalue weighted by Gasteiger charge is 2.36. The first-order valence-corrected chi connectivity index (χ1v) is 3.82. The molecule has 0 aromatic rings. The maximum absolute atomic E-state index is 13.5. The molecule has 0 saturated carbocycles. The van der Waals surface area contributed by atoms with Gasteiger partial charge in [0.2, 0.25) is 0 Å². The molecule has 0 N–H and O–H groups in total. The number of hydrogen-bond acceptors (Lipinski definition) is 2. The molecule has 0 amide bonds. The van der Waals surface area contributed by atoms with Crippen LogP contribution in [0.4, 0.5) is 8.78 Å². The van der Waals surface area contributed by atoms with Gasteiger partial charge in [0.25, 0.3) is 0 Å². The predicted molar refractivity (Wildman–Crippen MR) is 43.4 cm³/mol. The van der Waals surface area contributed by atoms with E-state index >= 15 is 0 Å². The predicted octanol–water partition coefficient (Wildman–Crippen LogP) is 2.07. The highest BCUT2D eigenvalue weighted by atomic mass is 19.1. The van der Waals surface area contributed by atoms with Crippen LogP contribution in [0.1, 0.15) is 13.3 Å². The van der Waals surface area contributed by atoms with Crippen molar-refractivity contribution in [2.75, 3.05) is 7.11 Å². The van der Waals surface area contributed by atoms with Crippen LogP contribution >= 0.6 is 0 Å². The molecule has 0 saturated heterocycles. The molecule has 0 fully saturated rings. The van der Waals surface area contributed by atoms with Gasteiger partial charge in [-0.1, -0.05) is 0 Å². The molecule has 0 aromatic heterocycles. The zero-order valence-electron chi connectivity index (χ0n) is 7.43. The van der Waals surface area contributed by atoms with Crippen LogP contribution in [0.15, 0.2) is 23.7 Å². The zero-order valence-corrected chi connectivity index (χ0v) is 7.43. The SMILES string of the molecule is COC1=CCC(F)(C(C)=O)C=C1F. The van der Waals surface area contributed by atoms with E-state index in [1.54, 1.807) is 0 Å². The number of carbonyl (C=O) groups is 1. The van der Waals surface area contributed by atoms with Crippen molar-refractivity contribution < 1.29 is 18.3 Å². The van der Waals surface area contributed by atoms with Crippen LogP contribution in [0.5, 0.6) is 0 Å². The van der Waals surface area contributed by atoms with E-state index in [-0.39, 0.29) is 12.2 Å². The van der Waals surface area contributed by atoms with Gasteiger partial charge in [-0.3, -0.25) is 4.79 Å². The lowest BCUT2D eigenvalue weighted by Gasteiger charge is -2.21. The maximum atomic E-state index is 13.5. The van der Waals surface area contributed by atoms with Gasteiger partial charge < -0.3 is 4.74 Å². The molecule has 1 aliphatic rings. The lowest BCUT2D eigenvalue weighted by molar-refractivity contribution is -0.125. The van der Waals surface area contributed by atoms with E-state index in [2.05, 4.69) is 4.74 Å². The minimum absolute atomic E-state index is 0.0190. The lowest BCUT2D eigenvalue weighted by atomic mass is 9.92. The molecule has 72 valence electrons. The molecule has 1 rings (SSSR count). The molecule has 4 heteroatoms. The standard InChI is InChI=1S/C9H10F2O2/c1-6(12)9(11)4-3-8(13-2)7(10)5-9/h3,5H,4H2,1-2H3. The van der Waals surface area contributed by atoms with Crippen LogP contribution in [0.2, 0.25) is 0 Å². The van der Waals surface area contributed by atoms with Crippen LogP contribution in [0.25, 0.3) is 0 Å². The summed E-state index contributed by atoms with van der Waals surface area (Å²) in [6.07, 6.45) is 1.73. The van der Waals surface area contributed by atoms with E-state index in [0.29, 0.717) is 6.08 Å². The van der Waals surface area contributed by atoms with Crippen molar-refractivity contribution in [1.29, 1.82) is 0 Å². The van der Waals surface area contributed by atoms with Crippen LogP contribution in [0, 0.1) is 0 Å². The Balaban J connectivity index is 2.94. The summed E-state index contributed by atoms with van der Waals surface area (Å²) in [5, 5.41) is 0. The van der Waals surface area contributed by atoms with Gasteiger partial charge in [0, 0.05) is 6.42 Å². The van der Waals surface area contributed by atoms with Gasteiger partial charge >= 0.3 is 0 Å². The number of methoxy groups -OCH3 is 1. The Kier molecular flexibility index (Phi) is 2.50. The first-order valence-electron chi connectivity index (χ1n) is 3.82. The van der Waals surface area contributed by atoms with Crippen molar-refractivity contribution >= 4 is 5.78 Å². The van der Waals surface area contributed by atoms with Crippen LogP contribution in [-0.2, 0) is 9.53 Å². The second-order valence-corrected chi connectivity index (χ2v) is 2.89. The van der Waals surface area contributed by atoms with Crippen LogP contribution in [0.3, 0.4) is 0 Å². The Morgan fingerprint density at radius 3 is 2.69 bits per heavy atom. The summed E-state index contributed by atoms with van der Waals surface area (Å²) in [4.78, 5) is 10.8. The van der Waals surface area contributed by atoms with E-state index in [1.165, 1.54) is 13.2 Å². The van der Waals surface area contributed by atoms with Gasteiger partial charge in [-0.25, -0.2) is 8.78 Å². The quantitative estimate of drug-likeness (QED) is 0.663. The van der Waals surface area contributed by atoms with Crippen LogP contribution < -0.4 is 0 Å². The fourth-order valence-electron chi connectivity index (χ4n) is 1.10. The molecule has 1 unspecified atom stereocenters. The van der Waals surface area contributed by atoms with Gasteiger partial charge in [-0.05, 0) is 19.1 Å². The number of ether oxygens (including phenoxy) is 1. The number of alkyl halides is 1. The Morgan fingerprint density at radius 2 is 2.31 bits per heavy atom. The summed E-state index contributed by atoms with van der Waals surface area (Å²) in [5.41, 5.74) is -2.20. The molecule has 1 atom stereocenters. The van der Waals surface area contributed by atoms with Crippen molar-refractivity contribution in [3.8, 4) is 0 Å². The summed E-state index contributed by atoms with van der Waals surface area (Å²) in [6, 6.07) is 0. The van der Waals surface area contributed by atoms with E-state index in [0.717, 1.165) is 6.92 Å². The Labute approximate surface area is 74.9 Å². The third-order valence-electron chi connectivity index (χ3n) is 1.98. The first kappa shape index (κ1) is 9.89. The number of Topliss-reactive ketones (excluding diaryl/α,β-unsaturated/α-hetero) is 1. The molecule has 0 heterocycles. The molecular weight excluding hydrogens is 178 g/mol. The largest absolute Gasteiger partial charge is 0.494 e. The third-order valence-corrected chi connectivity index (χ3v) is 1.98. The number of halogens is 2. The highest BCUT2D eigenvalue weighted by Crippen LogP contribution is 2.31. The van der Waals surface area contributed by atoms with E-state index in [4.69, 9.17) is 0 Å². The van der Waals surface area contributed by atoms with Gasteiger partial charge in [0.1, 0.15) is 5.76 Å². The van der Waals surface area contributed by atoms with Gasteiger partial charge in [-0.2, -0.15) is 0 Å². The minimum Gasteiger partial charge on any atom is -0.494 e. The monoisotopic (exact) mass is 188 g/mol. The number of carbonyl (C=O) groups excluding carboxylic acids is 1. The number of hydrogen-bond donors (Lipinski definition) is 0. The van der Waals surface area contributed by atoms with Gasteiger partial charge in [0.05, 0.1) is 7.11 Å². The summed E-state index contributed by atoms with van der Waals surface area (Å²) in [7, 11) is 1.29. The fourth-order valence-corrected chi connectivity index (χ4v) is 1.10. The van der Waals surface area contributed by atoms with Crippen molar-refractivity contribution in [3.63, 3.8) is 0 Å². The van der Waals surface area contributed by atoms with Gasteiger partial charge in [-0.15, -0.1) is 0 Å². The zero-order chi connectivity index (χ0) is 10.1. The molecular formula is C9H10F2O2. The van der Waals surface area contributed by atoms with Crippen molar-refractivity contribution in [1.82, 2.24) is 0 Å². The van der Waals surface area contributed by atoms with E-state index in [9.17, 15) is 13.6 Å². The number of allylic oxidation sites excluding steroid dienone is 3. The third kappa shape index (κ3) is 1.76. The Morgan fingerprint density at radius 1 is 1.69 bits per heavy atom. The molecule has 13 heavy (non-hydrogen) atoms. The van der Waals surface area contributed by atoms with Gasteiger partial charge in [0.15, 0.2) is 17.3 Å².